The number of benzene rings is 1. The molecule has 0 bridgehead atoms. The van der Waals surface area contributed by atoms with Gasteiger partial charge in [0.1, 0.15) is 5.69 Å². The van der Waals surface area contributed by atoms with Gasteiger partial charge in [0.05, 0.1) is 4.92 Å². The maximum atomic E-state index is 11.8. The first-order valence-electron chi connectivity index (χ1n) is 8.52. The van der Waals surface area contributed by atoms with E-state index in [1.165, 1.54) is 0 Å². The first kappa shape index (κ1) is 18.2. The standard InChI is InChI=1S/C17H26N4O3/c1-13-3-5-15(16(11-13)21(23)24)19-8-2-9-20-17(22)6-4-14-7-10-18-12-14/h3,5,11,14,18-19H,2,4,6-10,12H2,1H3,(H,20,22). The summed E-state index contributed by atoms with van der Waals surface area (Å²) >= 11 is 0. The van der Waals surface area contributed by atoms with E-state index in [4.69, 9.17) is 0 Å². The molecule has 0 radical (unpaired) electrons. The maximum Gasteiger partial charge on any atom is 0.292 e. The maximum absolute atomic E-state index is 11.8. The summed E-state index contributed by atoms with van der Waals surface area (Å²) in [4.78, 5) is 22.4. The normalized spacial score (nSPS) is 16.8. The molecule has 0 spiro atoms. The van der Waals surface area contributed by atoms with Crippen LogP contribution >= 0.6 is 0 Å². The third-order valence-corrected chi connectivity index (χ3v) is 4.28. The van der Waals surface area contributed by atoms with Gasteiger partial charge in [0.25, 0.3) is 5.69 Å². The molecular formula is C17H26N4O3. The first-order chi connectivity index (χ1) is 11.6. The fourth-order valence-corrected chi connectivity index (χ4v) is 2.87. The molecular weight excluding hydrogens is 308 g/mol. The topological polar surface area (TPSA) is 96.3 Å². The Morgan fingerprint density at radius 2 is 2.25 bits per heavy atom. The summed E-state index contributed by atoms with van der Waals surface area (Å²) < 4.78 is 0. The van der Waals surface area contributed by atoms with Crippen LogP contribution in [0.1, 0.15) is 31.2 Å². The van der Waals surface area contributed by atoms with Crippen LogP contribution in [0, 0.1) is 23.0 Å². The van der Waals surface area contributed by atoms with Crippen LogP contribution in [0.3, 0.4) is 0 Å². The van der Waals surface area contributed by atoms with E-state index >= 15 is 0 Å². The molecule has 1 heterocycles. The number of nitrogens with zero attached hydrogens (tertiary/aromatic N) is 1. The number of nitro benzene ring substituents is 1. The van der Waals surface area contributed by atoms with E-state index in [0.29, 0.717) is 31.1 Å². The predicted octanol–water partition coefficient (Wildman–Crippen LogP) is 2.21. The summed E-state index contributed by atoms with van der Waals surface area (Å²) in [5.41, 5.74) is 1.46. The lowest BCUT2D eigenvalue weighted by molar-refractivity contribution is -0.384. The van der Waals surface area contributed by atoms with E-state index in [1.807, 2.05) is 13.0 Å². The summed E-state index contributed by atoms with van der Waals surface area (Å²) in [6.07, 6.45) is 3.39. The van der Waals surface area contributed by atoms with E-state index in [1.54, 1.807) is 12.1 Å². The van der Waals surface area contributed by atoms with Crippen molar-refractivity contribution < 1.29 is 9.72 Å². The summed E-state index contributed by atoms with van der Waals surface area (Å²) in [5, 5.41) is 20.3. The number of carbonyl (C=O) groups excluding carboxylic acids is 1. The summed E-state index contributed by atoms with van der Waals surface area (Å²) in [6, 6.07) is 5.12. The smallest absolute Gasteiger partial charge is 0.292 e. The zero-order chi connectivity index (χ0) is 17.4. The molecule has 1 amide bonds. The summed E-state index contributed by atoms with van der Waals surface area (Å²) in [6.45, 7) is 5.06. The van der Waals surface area contributed by atoms with Crippen LogP contribution in [-0.4, -0.2) is 37.0 Å². The Morgan fingerprint density at radius 3 is 2.96 bits per heavy atom. The third-order valence-electron chi connectivity index (χ3n) is 4.28. The monoisotopic (exact) mass is 334 g/mol. The number of anilines is 1. The van der Waals surface area contributed by atoms with Crippen LogP contribution in [-0.2, 0) is 4.79 Å². The largest absolute Gasteiger partial charge is 0.379 e. The van der Waals surface area contributed by atoms with Gasteiger partial charge in [0, 0.05) is 25.6 Å². The van der Waals surface area contributed by atoms with Gasteiger partial charge in [-0.3, -0.25) is 14.9 Å². The minimum atomic E-state index is -0.380. The SMILES string of the molecule is Cc1ccc(NCCCNC(=O)CCC2CCNC2)c([N+](=O)[O-])c1. The van der Waals surface area contributed by atoms with Crippen molar-refractivity contribution in [3.05, 3.63) is 33.9 Å². The Bertz CT molecular complexity index is 571. The molecule has 24 heavy (non-hydrogen) atoms. The molecule has 1 unspecified atom stereocenters. The molecule has 1 aliphatic heterocycles. The Balaban J connectivity index is 1.62. The van der Waals surface area contributed by atoms with Gasteiger partial charge in [-0.1, -0.05) is 6.07 Å². The number of rotatable bonds is 9. The van der Waals surface area contributed by atoms with Gasteiger partial charge in [-0.15, -0.1) is 0 Å². The average Bonchev–Trinajstić information content (AvgIpc) is 3.07. The minimum absolute atomic E-state index is 0.0863. The average molecular weight is 334 g/mol. The predicted molar refractivity (Wildman–Crippen MR) is 94.2 cm³/mol. The van der Waals surface area contributed by atoms with E-state index in [9.17, 15) is 14.9 Å². The number of amides is 1. The molecule has 1 atom stereocenters. The number of hydrogen-bond donors (Lipinski definition) is 3. The zero-order valence-electron chi connectivity index (χ0n) is 14.1. The Kier molecular flexibility index (Phi) is 6.99. The van der Waals surface area contributed by atoms with Crippen molar-refractivity contribution in [3.8, 4) is 0 Å². The second-order valence-corrected chi connectivity index (χ2v) is 6.31. The summed E-state index contributed by atoms with van der Waals surface area (Å²) in [7, 11) is 0. The van der Waals surface area contributed by atoms with Crippen molar-refractivity contribution in [1.29, 1.82) is 0 Å². The van der Waals surface area contributed by atoms with E-state index < -0.39 is 0 Å². The van der Waals surface area contributed by atoms with Gasteiger partial charge in [0.2, 0.25) is 5.91 Å². The highest BCUT2D eigenvalue weighted by Gasteiger charge is 2.15. The molecule has 132 valence electrons. The number of nitro groups is 1. The molecule has 1 aliphatic rings. The molecule has 1 saturated heterocycles. The highest BCUT2D eigenvalue weighted by molar-refractivity contribution is 5.75. The summed E-state index contributed by atoms with van der Waals surface area (Å²) in [5.74, 6) is 0.711. The second-order valence-electron chi connectivity index (χ2n) is 6.31. The lowest BCUT2D eigenvalue weighted by Crippen LogP contribution is -2.26. The van der Waals surface area contributed by atoms with Crippen LogP contribution in [0.5, 0.6) is 0 Å². The van der Waals surface area contributed by atoms with Gasteiger partial charge in [-0.05, 0) is 56.8 Å². The van der Waals surface area contributed by atoms with Crippen LogP contribution in [0.4, 0.5) is 11.4 Å². The van der Waals surface area contributed by atoms with Crippen molar-refractivity contribution in [1.82, 2.24) is 10.6 Å². The number of hydrogen-bond acceptors (Lipinski definition) is 5. The fourth-order valence-electron chi connectivity index (χ4n) is 2.87. The van der Waals surface area contributed by atoms with Gasteiger partial charge >= 0.3 is 0 Å². The molecule has 0 saturated carbocycles. The van der Waals surface area contributed by atoms with Crippen LogP contribution in [0.15, 0.2) is 18.2 Å². The van der Waals surface area contributed by atoms with Gasteiger partial charge in [0.15, 0.2) is 0 Å². The quantitative estimate of drug-likeness (QED) is 0.365. The van der Waals surface area contributed by atoms with Crippen molar-refractivity contribution in [3.63, 3.8) is 0 Å². The van der Waals surface area contributed by atoms with E-state index in [-0.39, 0.29) is 16.5 Å². The molecule has 2 rings (SSSR count). The second kappa shape index (κ2) is 9.22. The van der Waals surface area contributed by atoms with E-state index in [2.05, 4.69) is 16.0 Å². The highest BCUT2D eigenvalue weighted by Crippen LogP contribution is 2.25. The number of aryl methyl sites for hydroxylation is 1. The molecule has 0 aromatic heterocycles. The van der Waals surface area contributed by atoms with Gasteiger partial charge in [-0.2, -0.15) is 0 Å². The Hall–Kier alpha value is -2.15. The number of carbonyl (C=O) groups is 1. The Labute approximate surface area is 142 Å². The fraction of sp³-hybridized carbons (Fsp3) is 0.588. The zero-order valence-corrected chi connectivity index (χ0v) is 14.1. The van der Waals surface area contributed by atoms with Crippen molar-refractivity contribution in [2.75, 3.05) is 31.5 Å². The lowest BCUT2D eigenvalue weighted by Gasteiger charge is -2.10. The van der Waals surface area contributed by atoms with E-state index in [0.717, 1.165) is 37.9 Å². The van der Waals surface area contributed by atoms with Crippen LogP contribution in [0.2, 0.25) is 0 Å². The molecule has 1 aromatic rings. The van der Waals surface area contributed by atoms with Gasteiger partial charge < -0.3 is 16.0 Å². The number of nitrogens with one attached hydrogen (secondary N) is 3. The molecule has 3 N–H and O–H groups in total. The molecule has 0 aliphatic carbocycles. The van der Waals surface area contributed by atoms with Gasteiger partial charge in [-0.25, -0.2) is 0 Å². The van der Waals surface area contributed by atoms with Crippen molar-refractivity contribution >= 4 is 17.3 Å². The molecule has 1 aromatic carbocycles. The minimum Gasteiger partial charge on any atom is -0.379 e. The van der Waals surface area contributed by atoms with Crippen molar-refractivity contribution in [2.45, 2.75) is 32.6 Å². The van der Waals surface area contributed by atoms with Crippen LogP contribution < -0.4 is 16.0 Å². The molecule has 7 heteroatoms. The first-order valence-corrected chi connectivity index (χ1v) is 8.52. The highest BCUT2D eigenvalue weighted by atomic mass is 16.6. The lowest BCUT2D eigenvalue weighted by atomic mass is 10.0. The van der Waals surface area contributed by atoms with Crippen molar-refractivity contribution in [2.24, 2.45) is 5.92 Å². The molecule has 7 nitrogen and oxygen atoms in total. The van der Waals surface area contributed by atoms with Crippen LogP contribution in [0.25, 0.3) is 0 Å². The Morgan fingerprint density at radius 1 is 1.42 bits per heavy atom. The molecule has 1 fully saturated rings. The third kappa shape index (κ3) is 5.81.